The molecule has 1 aromatic heterocycles. The minimum atomic E-state index is 0.171. The smallest absolute Gasteiger partial charge is 0.253 e. The van der Waals surface area contributed by atoms with E-state index in [1.807, 2.05) is 18.5 Å². The van der Waals surface area contributed by atoms with Gasteiger partial charge in [0.1, 0.15) is 12.2 Å². The second-order valence-corrected chi connectivity index (χ2v) is 8.93. The van der Waals surface area contributed by atoms with Gasteiger partial charge in [0.05, 0.1) is 0 Å². The first-order chi connectivity index (χ1) is 13.1. The van der Waals surface area contributed by atoms with E-state index in [1.54, 1.807) is 0 Å². The Hall–Kier alpha value is -2.17. The summed E-state index contributed by atoms with van der Waals surface area (Å²) >= 11 is 0. The van der Waals surface area contributed by atoms with Gasteiger partial charge in [0.2, 0.25) is 0 Å². The molecule has 2 saturated carbocycles. The molecule has 2 aliphatic carbocycles. The fourth-order valence-electron chi connectivity index (χ4n) is 5.26. The van der Waals surface area contributed by atoms with E-state index in [-0.39, 0.29) is 11.3 Å². The lowest BCUT2D eigenvalue weighted by molar-refractivity contribution is 0.0773. The molecule has 142 valence electrons. The van der Waals surface area contributed by atoms with E-state index in [9.17, 15) is 4.79 Å². The SMILES string of the molecule is Cc1ccc(C(=O)N2CC(c3nncn3C3CC3)C3(CCCC3)C2)cc1C. The molecular weight excluding hydrogens is 336 g/mol. The molecule has 0 bridgehead atoms. The van der Waals surface area contributed by atoms with Crippen LogP contribution in [0.25, 0.3) is 0 Å². The Labute approximate surface area is 160 Å². The Morgan fingerprint density at radius 2 is 1.93 bits per heavy atom. The van der Waals surface area contributed by atoms with Gasteiger partial charge < -0.3 is 9.47 Å². The summed E-state index contributed by atoms with van der Waals surface area (Å²) in [6.45, 7) is 5.81. The summed E-state index contributed by atoms with van der Waals surface area (Å²) < 4.78 is 2.30. The van der Waals surface area contributed by atoms with Crippen LogP contribution in [-0.4, -0.2) is 38.7 Å². The Kier molecular flexibility index (Phi) is 3.88. The second kappa shape index (κ2) is 6.18. The van der Waals surface area contributed by atoms with E-state index in [0.717, 1.165) is 24.5 Å². The van der Waals surface area contributed by atoms with Crippen LogP contribution < -0.4 is 0 Å². The van der Waals surface area contributed by atoms with Gasteiger partial charge in [0.15, 0.2) is 0 Å². The van der Waals surface area contributed by atoms with Crippen LogP contribution in [-0.2, 0) is 0 Å². The summed E-state index contributed by atoms with van der Waals surface area (Å²) in [5.41, 5.74) is 3.42. The minimum absolute atomic E-state index is 0.171. The highest BCUT2D eigenvalue weighted by atomic mass is 16.2. The standard InChI is InChI=1S/C22H28N4O/c1-15-5-6-17(11-16(15)2)21(27)25-12-19(22(13-25)9-3-4-10-22)20-24-23-14-26(20)18-7-8-18/h5-6,11,14,18-19H,3-4,7-10,12-13H2,1-2H3. The minimum Gasteiger partial charge on any atom is -0.337 e. The molecular formula is C22H28N4O. The lowest BCUT2D eigenvalue weighted by Crippen LogP contribution is -2.31. The second-order valence-electron chi connectivity index (χ2n) is 8.93. The number of carbonyl (C=O) groups is 1. The first kappa shape index (κ1) is 17.0. The van der Waals surface area contributed by atoms with Gasteiger partial charge in [0, 0.05) is 30.6 Å². The van der Waals surface area contributed by atoms with Gasteiger partial charge in [-0.05, 0) is 68.2 Å². The fourth-order valence-corrected chi connectivity index (χ4v) is 5.26. The average Bonchev–Trinajstić information content (AvgIpc) is 3.09. The van der Waals surface area contributed by atoms with Gasteiger partial charge in [-0.3, -0.25) is 4.79 Å². The van der Waals surface area contributed by atoms with Crippen molar-refractivity contribution in [3.8, 4) is 0 Å². The molecule has 3 aliphatic rings. The molecule has 5 heteroatoms. The van der Waals surface area contributed by atoms with Crippen LogP contribution in [0.2, 0.25) is 0 Å². The third kappa shape index (κ3) is 2.79. The number of nitrogens with zero attached hydrogens (tertiary/aromatic N) is 4. The third-order valence-corrected chi connectivity index (χ3v) is 7.14. The number of hydrogen-bond acceptors (Lipinski definition) is 3. The first-order valence-electron chi connectivity index (χ1n) is 10.3. The quantitative estimate of drug-likeness (QED) is 0.826. The highest BCUT2D eigenvalue weighted by molar-refractivity contribution is 5.94. The van der Waals surface area contributed by atoms with E-state index >= 15 is 0 Å². The zero-order valence-corrected chi connectivity index (χ0v) is 16.3. The van der Waals surface area contributed by atoms with Crippen LogP contribution in [0.5, 0.6) is 0 Å². The molecule has 2 heterocycles. The highest BCUT2D eigenvalue weighted by Crippen LogP contribution is 2.54. The summed E-state index contributed by atoms with van der Waals surface area (Å²) in [4.78, 5) is 15.4. The number of rotatable bonds is 3. The van der Waals surface area contributed by atoms with E-state index in [4.69, 9.17) is 0 Å². The van der Waals surface area contributed by atoms with Crippen molar-refractivity contribution in [2.75, 3.05) is 13.1 Å². The van der Waals surface area contributed by atoms with Gasteiger partial charge in [-0.25, -0.2) is 0 Å². The number of likely N-dealkylation sites (tertiary alicyclic amines) is 1. The van der Waals surface area contributed by atoms with Gasteiger partial charge in [-0.2, -0.15) is 0 Å². The molecule has 0 N–H and O–H groups in total. The maximum atomic E-state index is 13.3. The Balaban J connectivity index is 1.46. The predicted molar refractivity (Wildman–Crippen MR) is 104 cm³/mol. The molecule has 5 rings (SSSR count). The zero-order valence-electron chi connectivity index (χ0n) is 16.3. The van der Waals surface area contributed by atoms with Crippen molar-refractivity contribution in [3.05, 3.63) is 47.0 Å². The van der Waals surface area contributed by atoms with Crippen molar-refractivity contribution >= 4 is 5.91 Å². The highest BCUT2D eigenvalue weighted by Gasteiger charge is 2.52. The summed E-state index contributed by atoms with van der Waals surface area (Å²) in [6.07, 6.45) is 9.30. The molecule has 1 spiro atoms. The fraction of sp³-hybridized carbons (Fsp3) is 0.591. The third-order valence-electron chi connectivity index (χ3n) is 7.14. The van der Waals surface area contributed by atoms with Crippen LogP contribution in [0.4, 0.5) is 0 Å². The van der Waals surface area contributed by atoms with Gasteiger partial charge in [-0.15, -0.1) is 10.2 Å². The van der Waals surface area contributed by atoms with E-state index in [1.165, 1.54) is 49.7 Å². The van der Waals surface area contributed by atoms with Crippen molar-refractivity contribution in [2.45, 2.75) is 64.3 Å². The molecule has 2 aromatic rings. The largest absolute Gasteiger partial charge is 0.337 e. The van der Waals surface area contributed by atoms with E-state index in [2.05, 4.69) is 39.6 Å². The first-order valence-corrected chi connectivity index (χ1v) is 10.3. The van der Waals surface area contributed by atoms with Crippen molar-refractivity contribution in [1.82, 2.24) is 19.7 Å². The monoisotopic (exact) mass is 364 g/mol. The van der Waals surface area contributed by atoms with Crippen LogP contribution >= 0.6 is 0 Å². The van der Waals surface area contributed by atoms with Crippen LogP contribution in [0.3, 0.4) is 0 Å². The lowest BCUT2D eigenvalue weighted by atomic mass is 9.76. The molecule has 0 radical (unpaired) electrons. The number of hydrogen-bond donors (Lipinski definition) is 0. The molecule has 1 unspecified atom stereocenters. The van der Waals surface area contributed by atoms with Crippen molar-refractivity contribution < 1.29 is 4.79 Å². The van der Waals surface area contributed by atoms with Gasteiger partial charge >= 0.3 is 0 Å². The van der Waals surface area contributed by atoms with Crippen LogP contribution in [0, 0.1) is 19.3 Å². The molecule has 1 amide bonds. The van der Waals surface area contributed by atoms with Crippen LogP contribution in [0.15, 0.2) is 24.5 Å². The number of aromatic nitrogens is 3. The zero-order chi connectivity index (χ0) is 18.6. The maximum absolute atomic E-state index is 13.3. The van der Waals surface area contributed by atoms with Crippen molar-refractivity contribution in [1.29, 1.82) is 0 Å². The topological polar surface area (TPSA) is 51.0 Å². The van der Waals surface area contributed by atoms with Crippen molar-refractivity contribution in [2.24, 2.45) is 5.41 Å². The number of aryl methyl sites for hydroxylation is 2. The summed E-state index contributed by atoms with van der Waals surface area (Å²) in [5, 5.41) is 8.79. The number of amides is 1. The Bertz CT molecular complexity index is 876. The molecule has 1 saturated heterocycles. The molecule has 5 nitrogen and oxygen atoms in total. The van der Waals surface area contributed by atoms with Crippen molar-refractivity contribution in [3.63, 3.8) is 0 Å². The molecule has 3 fully saturated rings. The predicted octanol–water partition coefficient (Wildman–Crippen LogP) is 4.03. The van der Waals surface area contributed by atoms with Crippen LogP contribution in [0.1, 0.15) is 77.8 Å². The van der Waals surface area contributed by atoms with Gasteiger partial charge in [-0.1, -0.05) is 18.9 Å². The normalized spacial score (nSPS) is 24.1. The number of carbonyl (C=O) groups excluding carboxylic acids is 1. The number of benzene rings is 1. The van der Waals surface area contributed by atoms with E-state index in [0.29, 0.717) is 12.0 Å². The maximum Gasteiger partial charge on any atom is 0.253 e. The summed E-state index contributed by atoms with van der Waals surface area (Å²) in [5.74, 6) is 1.61. The molecule has 1 aromatic carbocycles. The Morgan fingerprint density at radius 1 is 1.15 bits per heavy atom. The molecule has 27 heavy (non-hydrogen) atoms. The average molecular weight is 364 g/mol. The van der Waals surface area contributed by atoms with Gasteiger partial charge in [0.25, 0.3) is 5.91 Å². The lowest BCUT2D eigenvalue weighted by Gasteiger charge is -2.29. The Morgan fingerprint density at radius 3 is 2.63 bits per heavy atom. The molecule has 1 atom stereocenters. The summed E-state index contributed by atoms with van der Waals surface area (Å²) in [7, 11) is 0. The summed E-state index contributed by atoms with van der Waals surface area (Å²) in [6, 6.07) is 6.66. The molecule has 1 aliphatic heterocycles. The van der Waals surface area contributed by atoms with E-state index < -0.39 is 0 Å².